The van der Waals surface area contributed by atoms with Gasteiger partial charge in [0.1, 0.15) is 0 Å². The number of hydrogen-bond donors (Lipinski definition) is 0. The van der Waals surface area contributed by atoms with Gasteiger partial charge in [0.05, 0.1) is 17.2 Å². The van der Waals surface area contributed by atoms with Crippen LogP contribution in [0.2, 0.25) is 0 Å². The van der Waals surface area contributed by atoms with E-state index in [2.05, 4.69) is 13.7 Å². The fourth-order valence-electron chi connectivity index (χ4n) is 0.455. The molecular weight excluding hydrogens is 142 g/mol. The van der Waals surface area contributed by atoms with Gasteiger partial charge >= 0.3 is 0 Å². The summed E-state index contributed by atoms with van der Waals surface area (Å²) in [7, 11) is 0. The Kier molecular flexibility index (Phi) is 0.793. The topological polar surface area (TPSA) is 38.7 Å². The van der Waals surface area contributed by atoms with Gasteiger partial charge in [0.2, 0.25) is 5.65 Å². The molecule has 3 nitrogen and oxygen atoms in total. The summed E-state index contributed by atoms with van der Waals surface area (Å²) in [6.07, 6.45) is 0. The lowest BCUT2D eigenvalue weighted by atomic mass is 10.8. The molecule has 0 aliphatic carbocycles. The van der Waals surface area contributed by atoms with Crippen LogP contribution in [0.5, 0.6) is 0 Å². The van der Waals surface area contributed by atoms with Crippen LogP contribution in [-0.2, 0) is 0 Å². The number of fused-ring (bicyclic) bond motifs is 1. The molecule has 0 radical (unpaired) electrons. The van der Waals surface area contributed by atoms with Crippen molar-refractivity contribution in [3.63, 3.8) is 0 Å². The van der Waals surface area contributed by atoms with Crippen LogP contribution >= 0.6 is 23.1 Å². The van der Waals surface area contributed by atoms with Crippen LogP contribution < -0.4 is 0 Å². The van der Waals surface area contributed by atoms with Gasteiger partial charge in [-0.2, -0.15) is 8.75 Å². The van der Waals surface area contributed by atoms with Gasteiger partial charge in [-0.1, -0.05) is 11.3 Å². The molecule has 0 unspecified atom stereocenters. The second-order valence-electron chi connectivity index (χ2n) is 1.25. The summed E-state index contributed by atoms with van der Waals surface area (Å²) < 4.78 is 7.87. The number of nitrogens with zero attached hydrogens (tertiary/aromatic N) is 3. The first-order valence-electron chi connectivity index (χ1n) is 1.98. The Labute approximate surface area is 53.3 Å². The lowest BCUT2D eigenvalue weighted by Crippen LogP contribution is -1.57. The maximum atomic E-state index is 3.97. The first kappa shape index (κ1) is 4.34. The fourth-order valence-corrected chi connectivity index (χ4v) is 1.65. The van der Waals surface area contributed by atoms with E-state index in [1.54, 1.807) is 5.51 Å². The van der Waals surface area contributed by atoms with Crippen LogP contribution in [0.4, 0.5) is 0 Å². The summed E-state index contributed by atoms with van der Waals surface area (Å²) in [4.78, 5) is 4.87. The Bertz CT molecular complexity index is 234. The Morgan fingerprint density at radius 2 is 2.38 bits per heavy atom. The van der Waals surface area contributed by atoms with E-state index in [1.165, 1.54) is 23.1 Å². The van der Waals surface area contributed by atoms with E-state index in [-0.39, 0.29) is 0 Å². The number of hydrogen-bond acceptors (Lipinski definition) is 5. The van der Waals surface area contributed by atoms with Gasteiger partial charge in [0.25, 0.3) is 0 Å². The zero-order valence-corrected chi connectivity index (χ0v) is 5.37. The first-order valence-corrected chi connectivity index (χ1v) is 3.59. The standard InChI is InChI=1S/C3HN3S2/c1-4-2-3(7-1)6-8-5-2/h1H. The summed E-state index contributed by atoms with van der Waals surface area (Å²) in [5, 5.41) is 0. The summed E-state index contributed by atoms with van der Waals surface area (Å²) in [6.45, 7) is 0. The van der Waals surface area contributed by atoms with Gasteiger partial charge in [-0.25, -0.2) is 4.98 Å². The third-order valence-corrected chi connectivity index (χ3v) is 2.12. The van der Waals surface area contributed by atoms with E-state index in [0.717, 1.165) is 10.5 Å². The molecule has 0 N–H and O–H groups in total. The van der Waals surface area contributed by atoms with E-state index in [1.807, 2.05) is 0 Å². The lowest BCUT2D eigenvalue weighted by molar-refractivity contribution is 1.44. The van der Waals surface area contributed by atoms with Crippen molar-refractivity contribution in [2.24, 2.45) is 0 Å². The van der Waals surface area contributed by atoms with Crippen molar-refractivity contribution in [3.05, 3.63) is 5.51 Å². The molecule has 2 aromatic rings. The van der Waals surface area contributed by atoms with Crippen molar-refractivity contribution in [3.8, 4) is 0 Å². The molecule has 0 saturated carbocycles. The molecule has 8 heavy (non-hydrogen) atoms. The van der Waals surface area contributed by atoms with Crippen LogP contribution in [-0.4, -0.2) is 13.7 Å². The third kappa shape index (κ3) is 0.452. The fraction of sp³-hybridized carbons (Fsp3) is 0. The van der Waals surface area contributed by atoms with E-state index in [0.29, 0.717) is 0 Å². The Hall–Kier alpha value is -0.550. The largest absolute Gasteiger partial charge is 0.223 e. The quantitative estimate of drug-likeness (QED) is 0.555. The highest BCUT2D eigenvalue weighted by molar-refractivity contribution is 7.17. The Morgan fingerprint density at radius 1 is 1.38 bits per heavy atom. The van der Waals surface area contributed by atoms with Crippen molar-refractivity contribution in [2.45, 2.75) is 0 Å². The zero-order valence-electron chi connectivity index (χ0n) is 3.74. The molecule has 0 aliphatic heterocycles. The molecule has 2 rings (SSSR count). The normalized spacial score (nSPS) is 10.5. The minimum atomic E-state index is 0.778. The Morgan fingerprint density at radius 3 is 3.25 bits per heavy atom. The SMILES string of the molecule is c1nc2nsnc2s1. The molecule has 0 aromatic carbocycles. The van der Waals surface area contributed by atoms with Crippen molar-refractivity contribution < 1.29 is 0 Å². The molecule has 0 bridgehead atoms. The number of aromatic nitrogens is 3. The second-order valence-corrected chi connectivity index (χ2v) is 2.61. The van der Waals surface area contributed by atoms with Crippen molar-refractivity contribution >= 4 is 33.5 Å². The molecule has 0 fully saturated rings. The van der Waals surface area contributed by atoms with Crippen LogP contribution in [0.15, 0.2) is 5.51 Å². The lowest BCUT2D eigenvalue weighted by Gasteiger charge is -1.57. The molecule has 0 aliphatic rings. The average Bonchev–Trinajstić information content (AvgIpc) is 2.15. The van der Waals surface area contributed by atoms with Gasteiger partial charge < -0.3 is 0 Å². The average molecular weight is 143 g/mol. The highest BCUT2D eigenvalue weighted by Crippen LogP contribution is 2.12. The predicted octanol–water partition coefficient (Wildman–Crippen LogP) is 1.15. The number of rotatable bonds is 0. The van der Waals surface area contributed by atoms with Crippen LogP contribution in [0, 0.1) is 0 Å². The molecular formula is C3HN3S2. The van der Waals surface area contributed by atoms with Crippen molar-refractivity contribution in [2.75, 3.05) is 0 Å². The van der Waals surface area contributed by atoms with Gasteiger partial charge in [-0.3, -0.25) is 0 Å². The molecule has 5 heteroatoms. The summed E-state index contributed by atoms with van der Waals surface area (Å²) in [5.41, 5.74) is 2.53. The second kappa shape index (κ2) is 1.46. The van der Waals surface area contributed by atoms with Crippen LogP contribution in [0.1, 0.15) is 0 Å². The minimum absolute atomic E-state index is 0.778. The summed E-state index contributed by atoms with van der Waals surface area (Å²) in [6, 6.07) is 0. The Balaban J connectivity index is 3.06. The molecule has 0 amide bonds. The van der Waals surface area contributed by atoms with Gasteiger partial charge in [-0.05, 0) is 0 Å². The predicted molar refractivity (Wildman–Crippen MR) is 33.1 cm³/mol. The maximum absolute atomic E-state index is 3.97. The van der Waals surface area contributed by atoms with Gasteiger partial charge in [-0.15, -0.1) is 0 Å². The molecule has 40 valence electrons. The maximum Gasteiger partial charge on any atom is 0.204 e. The van der Waals surface area contributed by atoms with Gasteiger partial charge in [0, 0.05) is 0 Å². The summed E-state index contributed by atoms with van der Waals surface area (Å²) >= 11 is 2.73. The molecule has 0 spiro atoms. The smallest absolute Gasteiger partial charge is 0.204 e. The van der Waals surface area contributed by atoms with Crippen LogP contribution in [0.3, 0.4) is 0 Å². The van der Waals surface area contributed by atoms with Crippen LogP contribution in [0.25, 0.3) is 10.5 Å². The highest BCUT2D eigenvalue weighted by Gasteiger charge is 1.96. The number of thiazole rings is 1. The summed E-state index contributed by atoms with van der Waals surface area (Å²) in [5.74, 6) is 0. The van der Waals surface area contributed by atoms with Crippen molar-refractivity contribution in [1.29, 1.82) is 0 Å². The molecule has 2 heterocycles. The van der Waals surface area contributed by atoms with Gasteiger partial charge in [0.15, 0.2) is 4.83 Å². The molecule has 0 saturated heterocycles. The van der Waals surface area contributed by atoms with E-state index < -0.39 is 0 Å². The monoisotopic (exact) mass is 143 g/mol. The third-order valence-electron chi connectivity index (χ3n) is 0.782. The van der Waals surface area contributed by atoms with E-state index in [4.69, 9.17) is 0 Å². The zero-order chi connectivity index (χ0) is 5.40. The minimum Gasteiger partial charge on any atom is -0.223 e. The molecule has 2 aromatic heterocycles. The van der Waals surface area contributed by atoms with E-state index >= 15 is 0 Å². The molecule has 0 atom stereocenters. The van der Waals surface area contributed by atoms with E-state index in [9.17, 15) is 0 Å². The highest BCUT2D eigenvalue weighted by atomic mass is 32.1. The van der Waals surface area contributed by atoms with Crippen molar-refractivity contribution in [1.82, 2.24) is 13.7 Å². The first-order chi connectivity index (χ1) is 3.97.